The number of unbranched alkanes of at least 4 members (excludes halogenated alkanes) is 1. The molecular formula is C29H30BrNO7. The van der Waals surface area contributed by atoms with Crippen LogP contribution < -0.4 is 0 Å². The van der Waals surface area contributed by atoms with Crippen molar-refractivity contribution in [3.63, 3.8) is 0 Å². The SMILES string of the molecule is CC(=O)O[C@@H](c1cc(Br)c(CCCCO)o1)[C@@H](Cc1ccccc1)C(=O)N1C(=O)OC[C@H]1c1ccccc1. The van der Waals surface area contributed by atoms with E-state index >= 15 is 0 Å². The Morgan fingerprint density at radius 3 is 2.45 bits per heavy atom. The number of amides is 2. The van der Waals surface area contributed by atoms with Crippen molar-refractivity contribution in [1.29, 1.82) is 0 Å². The van der Waals surface area contributed by atoms with Gasteiger partial charge in [-0.15, -0.1) is 0 Å². The molecule has 3 atom stereocenters. The van der Waals surface area contributed by atoms with Gasteiger partial charge in [0.15, 0.2) is 6.10 Å². The molecule has 0 aliphatic carbocycles. The van der Waals surface area contributed by atoms with Gasteiger partial charge in [-0.1, -0.05) is 60.7 Å². The Kier molecular flexibility index (Phi) is 9.36. The highest BCUT2D eigenvalue weighted by atomic mass is 79.9. The van der Waals surface area contributed by atoms with Gasteiger partial charge in [-0.3, -0.25) is 9.59 Å². The van der Waals surface area contributed by atoms with Crippen LogP contribution in [0.4, 0.5) is 4.79 Å². The standard InChI is InChI=1S/C29H30BrNO7/c1-19(33)37-27(26-17-23(30)25(38-26)14-8-9-15-32)22(16-20-10-4-2-5-11-20)28(34)31-24(18-36-29(31)35)21-12-6-3-7-13-21/h2-7,10-13,17,22,24,27,32H,8-9,14-16,18H2,1H3/t22-,24+,27-/m1/s1. The zero-order chi connectivity index (χ0) is 27.1. The van der Waals surface area contributed by atoms with Crippen molar-refractivity contribution in [1.82, 2.24) is 4.90 Å². The highest BCUT2D eigenvalue weighted by molar-refractivity contribution is 9.10. The van der Waals surface area contributed by atoms with Crippen LogP contribution in [0.2, 0.25) is 0 Å². The van der Waals surface area contributed by atoms with Crippen LogP contribution in [0.1, 0.15) is 54.6 Å². The van der Waals surface area contributed by atoms with Crippen LogP contribution in [0.25, 0.3) is 0 Å². The summed E-state index contributed by atoms with van der Waals surface area (Å²) in [6, 6.07) is 19.6. The van der Waals surface area contributed by atoms with E-state index in [1.807, 2.05) is 60.7 Å². The Bertz CT molecular complexity index is 1240. The van der Waals surface area contributed by atoms with Crippen LogP contribution in [-0.2, 0) is 31.9 Å². The number of aliphatic hydroxyl groups excluding tert-OH is 1. The third-order valence-corrected chi connectivity index (χ3v) is 7.11. The molecule has 0 spiro atoms. The van der Waals surface area contributed by atoms with Crippen LogP contribution in [0, 0.1) is 5.92 Å². The Labute approximate surface area is 229 Å². The lowest BCUT2D eigenvalue weighted by molar-refractivity contribution is -0.155. The van der Waals surface area contributed by atoms with Gasteiger partial charge < -0.3 is 19.0 Å². The number of aryl methyl sites for hydroxylation is 1. The smallest absolute Gasteiger partial charge is 0.417 e. The molecule has 1 N–H and O–H groups in total. The molecule has 2 amide bonds. The molecule has 1 aromatic heterocycles. The maximum atomic E-state index is 14.2. The van der Waals surface area contributed by atoms with Gasteiger partial charge in [0, 0.05) is 20.0 Å². The van der Waals surface area contributed by atoms with E-state index in [1.165, 1.54) is 6.92 Å². The molecule has 1 aliphatic heterocycles. The fraction of sp³-hybridized carbons (Fsp3) is 0.345. The number of carbonyl (C=O) groups is 3. The molecule has 1 aliphatic rings. The molecule has 0 unspecified atom stereocenters. The summed E-state index contributed by atoms with van der Waals surface area (Å²) in [5, 5.41) is 9.13. The van der Waals surface area contributed by atoms with Crippen molar-refractivity contribution in [3.05, 3.63) is 93.9 Å². The van der Waals surface area contributed by atoms with E-state index in [-0.39, 0.29) is 19.6 Å². The molecule has 3 aromatic rings. The van der Waals surface area contributed by atoms with Crippen molar-refractivity contribution in [2.75, 3.05) is 13.2 Å². The Morgan fingerprint density at radius 1 is 1.11 bits per heavy atom. The molecule has 9 heteroatoms. The molecule has 1 saturated heterocycles. The lowest BCUT2D eigenvalue weighted by atomic mass is 9.90. The van der Waals surface area contributed by atoms with E-state index in [0.717, 1.165) is 16.0 Å². The summed E-state index contributed by atoms with van der Waals surface area (Å²) in [6.45, 7) is 1.38. The average molecular weight is 584 g/mol. The number of hydrogen-bond acceptors (Lipinski definition) is 7. The topological polar surface area (TPSA) is 106 Å². The zero-order valence-corrected chi connectivity index (χ0v) is 22.6. The van der Waals surface area contributed by atoms with Crippen LogP contribution in [0.5, 0.6) is 0 Å². The van der Waals surface area contributed by atoms with Gasteiger partial charge in [0.1, 0.15) is 24.2 Å². The number of imide groups is 1. The number of ether oxygens (including phenoxy) is 2. The Balaban J connectivity index is 1.73. The highest BCUT2D eigenvalue weighted by Crippen LogP contribution is 2.38. The Hall–Kier alpha value is -3.43. The number of hydrogen-bond donors (Lipinski definition) is 1. The molecule has 0 bridgehead atoms. The van der Waals surface area contributed by atoms with Crippen molar-refractivity contribution in [2.24, 2.45) is 5.92 Å². The van der Waals surface area contributed by atoms with Crippen molar-refractivity contribution in [3.8, 4) is 0 Å². The van der Waals surface area contributed by atoms with Crippen LogP contribution in [0.3, 0.4) is 0 Å². The normalized spacial score (nSPS) is 16.7. The lowest BCUT2D eigenvalue weighted by Crippen LogP contribution is -2.42. The molecule has 8 nitrogen and oxygen atoms in total. The van der Waals surface area contributed by atoms with Gasteiger partial charge in [0.05, 0.1) is 10.4 Å². The molecule has 1 fully saturated rings. The first-order valence-corrected chi connectivity index (χ1v) is 13.3. The van der Waals surface area contributed by atoms with Crippen molar-refractivity contribution in [2.45, 2.75) is 44.8 Å². The molecule has 200 valence electrons. The van der Waals surface area contributed by atoms with E-state index in [2.05, 4.69) is 15.9 Å². The monoisotopic (exact) mass is 583 g/mol. The van der Waals surface area contributed by atoms with E-state index < -0.39 is 36.0 Å². The van der Waals surface area contributed by atoms with Gasteiger partial charge in [-0.2, -0.15) is 0 Å². The number of aliphatic hydroxyl groups is 1. The van der Waals surface area contributed by atoms with Gasteiger partial charge in [0.25, 0.3) is 0 Å². The second-order valence-corrected chi connectivity index (χ2v) is 9.99. The van der Waals surface area contributed by atoms with Gasteiger partial charge in [-0.05, 0) is 52.4 Å². The minimum absolute atomic E-state index is 0.0339. The van der Waals surface area contributed by atoms with E-state index in [4.69, 9.17) is 19.0 Å². The zero-order valence-electron chi connectivity index (χ0n) is 21.0. The quantitative estimate of drug-likeness (QED) is 0.233. The maximum absolute atomic E-state index is 14.2. The minimum atomic E-state index is -1.09. The van der Waals surface area contributed by atoms with E-state index in [9.17, 15) is 14.4 Å². The molecule has 4 rings (SSSR count). The predicted octanol–water partition coefficient (Wildman–Crippen LogP) is 5.54. The summed E-state index contributed by atoms with van der Waals surface area (Å²) < 4.78 is 17.8. The largest absolute Gasteiger partial charge is 0.461 e. The third-order valence-electron chi connectivity index (χ3n) is 6.44. The average Bonchev–Trinajstić information content (AvgIpc) is 3.49. The van der Waals surface area contributed by atoms with Crippen molar-refractivity contribution >= 4 is 33.9 Å². The second-order valence-electron chi connectivity index (χ2n) is 9.14. The summed E-state index contributed by atoms with van der Waals surface area (Å²) in [4.78, 5) is 40.4. The molecule has 2 heterocycles. The minimum Gasteiger partial charge on any atom is -0.461 e. The lowest BCUT2D eigenvalue weighted by Gasteiger charge is -2.29. The fourth-order valence-corrected chi connectivity index (χ4v) is 5.11. The Morgan fingerprint density at radius 2 is 1.79 bits per heavy atom. The van der Waals surface area contributed by atoms with Crippen LogP contribution in [0.15, 0.2) is 75.6 Å². The van der Waals surface area contributed by atoms with E-state index in [1.54, 1.807) is 6.07 Å². The summed E-state index contributed by atoms with van der Waals surface area (Å²) in [5.74, 6) is -1.16. The number of halogens is 1. The highest BCUT2D eigenvalue weighted by Gasteiger charge is 2.46. The maximum Gasteiger partial charge on any atom is 0.417 e. The van der Waals surface area contributed by atoms with Crippen LogP contribution in [-0.4, -0.2) is 41.2 Å². The molecule has 0 saturated carbocycles. The molecule has 0 radical (unpaired) electrons. The number of carbonyl (C=O) groups excluding carboxylic acids is 3. The van der Waals surface area contributed by atoms with Gasteiger partial charge >= 0.3 is 12.1 Å². The van der Waals surface area contributed by atoms with Crippen LogP contribution >= 0.6 is 15.9 Å². The van der Waals surface area contributed by atoms with Gasteiger partial charge in [-0.25, -0.2) is 9.69 Å². The number of cyclic esters (lactones) is 1. The van der Waals surface area contributed by atoms with Gasteiger partial charge in [0.2, 0.25) is 5.91 Å². The number of benzene rings is 2. The summed E-state index contributed by atoms with van der Waals surface area (Å²) >= 11 is 3.51. The number of rotatable bonds is 11. The fourth-order valence-electron chi connectivity index (χ4n) is 4.61. The number of nitrogens with zero attached hydrogens (tertiary/aromatic N) is 1. The molecule has 2 aromatic carbocycles. The number of esters is 1. The summed E-state index contributed by atoms with van der Waals surface area (Å²) in [7, 11) is 0. The molecule has 38 heavy (non-hydrogen) atoms. The first-order chi connectivity index (χ1) is 18.4. The molecular weight excluding hydrogens is 554 g/mol. The first-order valence-electron chi connectivity index (χ1n) is 12.5. The second kappa shape index (κ2) is 12.9. The summed E-state index contributed by atoms with van der Waals surface area (Å²) in [5.41, 5.74) is 1.60. The first kappa shape index (κ1) is 27.6. The van der Waals surface area contributed by atoms with Crippen molar-refractivity contribution < 1.29 is 33.4 Å². The third kappa shape index (κ3) is 6.52. The summed E-state index contributed by atoms with van der Waals surface area (Å²) in [6.07, 6.45) is 0.233. The van der Waals surface area contributed by atoms with E-state index in [0.29, 0.717) is 35.3 Å². The number of furan rings is 1. The predicted molar refractivity (Wildman–Crippen MR) is 142 cm³/mol.